The molecule has 0 saturated carbocycles. The summed E-state index contributed by atoms with van der Waals surface area (Å²) in [5.74, 6) is -23.9. The summed E-state index contributed by atoms with van der Waals surface area (Å²) in [6, 6.07) is 0. The fourth-order valence-electron chi connectivity index (χ4n) is 1.26. The normalized spacial score (nSPS) is 15.0. The molecule has 0 aromatic rings. The summed E-state index contributed by atoms with van der Waals surface area (Å²) in [7, 11) is 0. The minimum Gasteiger partial charge on any atom is -0.206 e. The van der Waals surface area contributed by atoms with Crippen LogP contribution in [0.3, 0.4) is 0 Å². The van der Waals surface area contributed by atoms with Crippen molar-refractivity contribution in [3.8, 4) is 0 Å². The second kappa shape index (κ2) is 5.80. The summed E-state index contributed by atoms with van der Waals surface area (Å²) in [4.78, 5) is 0. The fourth-order valence-corrected chi connectivity index (χ4v) is 1.26. The smallest absolute Gasteiger partial charge is 0.206 e. The third kappa shape index (κ3) is 5.23. The lowest BCUT2D eigenvalue weighted by atomic mass is 9.98. The minimum atomic E-state index is -6.92. The molecule has 13 heteroatoms. The Balaban J connectivity index is 5.32. The number of alkyl halides is 11. The minimum absolute atomic E-state index is 1.36. The molecule has 0 atom stereocenters. The van der Waals surface area contributed by atoms with Crippen LogP contribution < -0.4 is 0 Å². The first-order chi connectivity index (χ1) is 9.33. The highest BCUT2D eigenvalue weighted by Gasteiger charge is 2.74. The highest BCUT2D eigenvalue weighted by Crippen LogP contribution is 2.51. The van der Waals surface area contributed by atoms with Gasteiger partial charge in [-0.3, -0.25) is 0 Å². The molecule has 0 bridgehead atoms. The lowest BCUT2D eigenvalue weighted by molar-refractivity contribution is -0.363. The van der Waals surface area contributed by atoms with E-state index in [4.69, 9.17) is 0 Å². The van der Waals surface area contributed by atoms with Crippen LogP contribution >= 0.6 is 0 Å². The predicted molar refractivity (Wildman–Crippen MR) is 45.4 cm³/mol. The van der Waals surface area contributed by atoms with Crippen LogP contribution in [0.15, 0.2) is 12.2 Å². The van der Waals surface area contributed by atoms with E-state index in [-0.39, 0.29) is 0 Å². The van der Waals surface area contributed by atoms with Crippen molar-refractivity contribution in [1.82, 2.24) is 0 Å². The van der Waals surface area contributed by atoms with Gasteiger partial charge in [-0.1, -0.05) is 0 Å². The molecule has 0 aliphatic carbocycles. The van der Waals surface area contributed by atoms with Gasteiger partial charge in [0.05, 0.1) is 12.8 Å². The average molecular weight is 360 g/mol. The van der Waals surface area contributed by atoms with Crippen molar-refractivity contribution < 1.29 is 57.1 Å². The Labute approximate surface area is 113 Å². The molecule has 0 saturated heterocycles. The third-order valence-corrected chi connectivity index (χ3v) is 2.11. The van der Waals surface area contributed by atoms with Crippen LogP contribution in [-0.2, 0) is 0 Å². The Hall–Kier alpha value is -1.17. The van der Waals surface area contributed by atoms with Crippen molar-refractivity contribution in [3.63, 3.8) is 0 Å². The predicted octanol–water partition coefficient (Wildman–Crippen LogP) is 5.65. The average Bonchev–Trinajstić information content (AvgIpc) is 2.07. The van der Waals surface area contributed by atoms with E-state index in [1.807, 2.05) is 0 Å². The van der Waals surface area contributed by atoms with Crippen molar-refractivity contribution in [2.24, 2.45) is 0 Å². The van der Waals surface area contributed by atoms with Crippen molar-refractivity contribution >= 4 is 0 Å². The third-order valence-electron chi connectivity index (χ3n) is 2.11. The molecule has 0 radical (unpaired) electrons. The van der Waals surface area contributed by atoms with Gasteiger partial charge in [0.1, 0.15) is 0 Å². The van der Waals surface area contributed by atoms with E-state index < -0.39 is 54.9 Å². The highest BCUT2D eigenvalue weighted by molar-refractivity contribution is 5.00. The van der Waals surface area contributed by atoms with Crippen molar-refractivity contribution in [2.45, 2.75) is 42.7 Å². The van der Waals surface area contributed by atoms with Crippen molar-refractivity contribution in [2.75, 3.05) is 0 Å². The van der Waals surface area contributed by atoms with Crippen molar-refractivity contribution in [1.29, 1.82) is 0 Å². The molecular formula is C9H5F13. The van der Waals surface area contributed by atoms with E-state index in [1.165, 1.54) is 0 Å². The van der Waals surface area contributed by atoms with Crippen LogP contribution in [0.2, 0.25) is 0 Å². The first kappa shape index (κ1) is 20.8. The van der Waals surface area contributed by atoms with E-state index in [2.05, 4.69) is 0 Å². The molecule has 0 aliphatic heterocycles. The van der Waals surface area contributed by atoms with E-state index in [9.17, 15) is 57.1 Å². The first-order valence-corrected chi connectivity index (χ1v) is 4.95. The number of hydrogen-bond acceptors (Lipinski definition) is 0. The largest absolute Gasteiger partial charge is 0.459 e. The quantitative estimate of drug-likeness (QED) is 0.537. The Bertz CT molecular complexity index is 412. The second-order valence-electron chi connectivity index (χ2n) is 4.18. The van der Waals surface area contributed by atoms with Gasteiger partial charge < -0.3 is 0 Å². The van der Waals surface area contributed by atoms with Crippen LogP contribution in [0.25, 0.3) is 0 Å². The summed E-state index contributed by atoms with van der Waals surface area (Å²) in [6.07, 6.45) is -18.2. The Morgan fingerprint density at radius 2 is 1.09 bits per heavy atom. The Kier molecular flexibility index (Phi) is 5.49. The maximum atomic E-state index is 12.8. The van der Waals surface area contributed by atoms with Gasteiger partial charge in [-0.15, -0.1) is 0 Å². The molecule has 22 heavy (non-hydrogen) atoms. The number of halogens is 13. The maximum absolute atomic E-state index is 12.8. The first-order valence-electron chi connectivity index (χ1n) is 4.95. The molecule has 0 unspecified atom stereocenters. The zero-order valence-corrected chi connectivity index (χ0v) is 9.91. The van der Waals surface area contributed by atoms with Crippen LogP contribution in [0.1, 0.15) is 12.8 Å². The standard InChI is InChI=1S/C9H5F13/c10-4(11)1-5(12,13)2-6(14,15)3-7(16,17)8(18,19)9(20,21)22/h1H,2-3H2. The van der Waals surface area contributed by atoms with Crippen LogP contribution in [-0.4, -0.2) is 29.9 Å². The van der Waals surface area contributed by atoms with Gasteiger partial charge in [-0.05, 0) is 0 Å². The lowest BCUT2D eigenvalue weighted by Crippen LogP contribution is -2.54. The van der Waals surface area contributed by atoms with E-state index >= 15 is 0 Å². The summed E-state index contributed by atoms with van der Waals surface area (Å²) < 4.78 is 159. The summed E-state index contributed by atoms with van der Waals surface area (Å²) in [5, 5.41) is 0. The summed E-state index contributed by atoms with van der Waals surface area (Å²) >= 11 is 0. The molecule has 0 nitrogen and oxygen atoms in total. The molecule has 0 N–H and O–H groups in total. The molecule has 0 fully saturated rings. The lowest BCUT2D eigenvalue weighted by Gasteiger charge is -2.31. The van der Waals surface area contributed by atoms with Crippen LogP contribution in [0.5, 0.6) is 0 Å². The second-order valence-corrected chi connectivity index (χ2v) is 4.18. The van der Waals surface area contributed by atoms with Crippen LogP contribution in [0, 0.1) is 0 Å². The molecule has 0 aromatic heterocycles. The van der Waals surface area contributed by atoms with E-state index in [0.717, 1.165) is 0 Å². The summed E-state index contributed by atoms with van der Waals surface area (Å²) in [6.45, 7) is 0. The van der Waals surface area contributed by atoms with Crippen molar-refractivity contribution in [3.05, 3.63) is 12.2 Å². The van der Waals surface area contributed by atoms with Gasteiger partial charge in [0.15, 0.2) is 0 Å². The monoisotopic (exact) mass is 360 g/mol. The summed E-state index contributed by atoms with van der Waals surface area (Å²) in [5.41, 5.74) is 0. The molecule has 132 valence electrons. The molecule has 0 spiro atoms. The highest BCUT2D eigenvalue weighted by atomic mass is 19.4. The Morgan fingerprint density at radius 3 is 1.41 bits per heavy atom. The van der Waals surface area contributed by atoms with Gasteiger partial charge in [0, 0.05) is 6.08 Å². The fraction of sp³-hybridized carbons (Fsp3) is 0.778. The topological polar surface area (TPSA) is 0 Å². The van der Waals surface area contributed by atoms with Gasteiger partial charge in [-0.25, -0.2) is 17.6 Å². The van der Waals surface area contributed by atoms with Crippen LogP contribution in [0.4, 0.5) is 57.1 Å². The SMILES string of the molecule is FC(F)=CC(F)(F)CC(F)(F)CC(F)(F)C(F)(F)C(F)(F)F. The molecular weight excluding hydrogens is 355 g/mol. The van der Waals surface area contributed by atoms with Gasteiger partial charge in [0.2, 0.25) is 0 Å². The maximum Gasteiger partial charge on any atom is 0.459 e. The number of hydrogen-bond donors (Lipinski definition) is 0. The molecule has 0 rings (SSSR count). The van der Waals surface area contributed by atoms with E-state index in [1.54, 1.807) is 0 Å². The Morgan fingerprint density at radius 1 is 0.682 bits per heavy atom. The molecule has 0 aromatic carbocycles. The number of rotatable bonds is 6. The molecule has 0 heterocycles. The van der Waals surface area contributed by atoms with E-state index in [0.29, 0.717) is 0 Å². The zero-order valence-electron chi connectivity index (χ0n) is 9.91. The number of allylic oxidation sites excluding steroid dienone is 1. The molecule has 0 amide bonds. The van der Waals surface area contributed by atoms with Gasteiger partial charge in [0.25, 0.3) is 17.9 Å². The molecule has 0 aliphatic rings. The van der Waals surface area contributed by atoms with Gasteiger partial charge >= 0.3 is 18.0 Å². The zero-order chi connectivity index (χ0) is 18.2. The van der Waals surface area contributed by atoms with Gasteiger partial charge in [-0.2, -0.15) is 39.5 Å².